The third kappa shape index (κ3) is 4.33. The van der Waals surface area contributed by atoms with Gasteiger partial charge in [-0.05, 0) is 36.4 Å². The molecule has 0 bridgehead atoms. The minimum absolute atomic E-state index is 0.202. The van der Waals surface area contributed by atoms with Crippen molar-refractivity contribution in [3.05, 3.63) is 100 Å². The van der Waals surface area contributed by atoms with E-state index in [1.807, 2.05) is 12.1 Å². The highest BCUT2D eigenvalue weighted by Crippen LogP contribution is 2.30. The van der Waals surface area contributed by atoms with Crippen LogP contribution in [0.3, 0.4) is 0 Å². The molecule has 5 rings (SSSR count). The maximum absolute atomic E-state index is 13.8. The van der Waals surface area contributed by atoms with Crippen LogP contribution in [0.2, 0.25) is 0 Å². The van der Waals surface area contributed by atoms with Gasteiger partial charge in [0.05, 0.1) is 17.8 Å². The molecular formula is C24H19FN6O2. The van der Waals surface area contributed by atoms with E-state index >= 15 is 0 Å². The number of fused-ring (bicyclic) bond motifs is 1. The number of carbonyl (C=O) groups excluding carboxylic acids is 1. The molecule has 9 heteroatoms. The van der Waals surface area contributed by atoms with Gasteiger partial charge >= 0.3 is 0 Å². The predicted octanol–water partition coefficient (Wildman–Crippen LogP) is 3.31. The van der Waals surface area contributed by atoms with Crippen LogP contribution < -0.4 is 10.9 Å². The minimum atomic E-state index is -0.368. The second-order valence-electron chi connectivity index (χ2n) is 7.61. The summed E-state index contributed by atoms with van der Waals surface area (Å²) in [4.78, 5) is 42.1. The summed E-state index contributed by atoms with van der Waals surface area (Å²) < 4.78 is 13.8. The van der Waals surface area contributed by atoms with Crippen molar-refractivity contribution < 1.29 is 9.18 Å². The molecule has 8 nitrogen and oxygen atoms in total. The predicted molar refractivity (Wildman–Crippen MR) is 120 cm³/mol. The molecule has 33 heavy (non-hydrogen) atoms. The molecule has 0 unspecified atom stereocenters. The number of hydrogen-bond donors (Lipinski definition) is 2. The van der Waals surface area contributed by atoms with Crippen LogP contribution in [0.4, 0.5) is 15.9 Å². The molecule has 164 valence electrons. The van der Waals surface area contributed by atoms with Gasteiger partial charge in [-0.15, -0.1) is 0 Å². The van der Waals surface area contributed by atoms with E-state index in [4.69, 9.17) is 9.97 Å². The third-order valence-corrected chi connectivity index (χ3v) is 5.40. The highest BCUT2D eigenvalue weighted by atomic mass is 19.1. The smallest absolute Gasteiger partial charge is 0.255 e. The number of H-pyrrole nitrogens is 1. The quantitative estimate of drug-likeness (QED) is 0.503. The Hall–Kier alpha value is -4.40. The Morgan fingerprint density at radius 3 is 2.70 bits per heavy atom. The van der Waals surface area contributed by atoms with Crippen LogP contribution >= 0.6 is 0 Å². The zero-order valence-electron chi connectivity index (χ0n) is 17.5. The molecule has 1 aliphatic heterocycles. The highest BCUT2D eigenvalue weighted by molar-refractivity contribution is 5.94. The first-order valence-electron chi connectivity index (χ1n) is 10.4. The zero-order chi connectivity index (χ0) is 22.8. The van der Waals surface area contributed by atoms with E-state index in [9.17, 15) is 14.0 Å². The van der Waals surface area contributed by atoms with Gasteiger partial charge in [-0.1, -0.05) is 6.07 Å². The van der Waals surface area contributed by atoms with Crippen molar-refractivity contribution in [3.63, 3.8) is 0 Å². The largest absolute Gasteiger partial charge is 0.340 e. The summed E-state index contributed by atoms with van der Waals surface area (Å²) in [6.07, 6.45) is 5.28. The highest BCUT2D eigenvalue weighted by Gasteiger charge is 2.27. The molecule has 1 amide bonds. The SMILES string of the molecule is O=C(c1ccc(=O)[nH]c1)N1CCc2nc(-c3ccncc3)nc(Nc3cccc(F)c3)c2C1. The standard InChI is InChI=1S/C24H19FN6O2/c25-17-2-1-3-18(12-17)28-23-19-14-31(24(33)16-4-5-21(32)27-13-16)11-8-20(19)29-22(30-23)15-6-9-26-10-7-15/h1-7,9-10,12-13H,8,11,14H2,(H,27,32)(H,28,29,30). The first kappa shape index (κ1) is 20.5. The first-order valence-corrected chi connectivity index (χ1v) is 10.4. The third-order valence-electron chi connectivity index (χ3n) is 5.40. The van der Waals surface area contributed by atoms with Crippen LogP contribution in [0, 0.1) is 5.82 Å². The van der Waals surface area contributed by atoms with Crippen molar-refractivity contribution in [1.29, 1.82) is 0 Å². The average molecular weight is 442 g/mol. The lowest BCUT2D eigenvalue weighted by Crippen LogP contribution is -2.37. The summed E-state index contributed by atoms with van der Waals surface area (Å²) >= 11 is 0. The van der Waals surface area contributed by atoms with Crippen LogP contribution in [-0.2, 0) is 13.0 Å². The van der Waals surface area contributed by atoms with Gasteiger partial charge in [-0.25, -0.2) is 14.4 Å². The lowest BCUT2D eigenvalue weighted by Gasteiger charge is -2.30. The molecule has 0 radical (unpaired) electrons. The van der Waals surface area contributed by atoms with Crippen molar-refractivity contribution in [1.82, 2.24) is 24.8 Å². The summed E-state index contributed by atoms with van der Waals surface area (Å²) in [6.45, 7) is 0.749. The molecule has 0 saturated heterocycles. The van der Waals surface area contributed by atoms with Crippen LogP contribution in [0.1, 0.15) is 21.6 Å². The number of nitrogens with zero attached hydrogens (tertiary/aromatic N) is 4. The van der Waals surface area contributed by atoms with E-state index in [2.05, 4.69) is 15.3 Å². The van der Waals surface area contributed by atoms with E-state index in [0.717, 1.165) is 16.8 Å². The van der Waals surface area contributed by atoms with E-state index in [-0.39, 0.29) is 23.8 Å². The van der Waals surface area contributed by atoms with Crippen LogP contribution in [0.25, 0.3) is 11.4 Å². The van der Waals surface area contributed by atoms with Gasteiger partial charge in [-0.2, -0.15) is 0 Å². The summed E-state index contributed by atoms with van der Waals surface area (Å²) in [6, 6.07) is 12.6. The fourth-order valence-corrected chi connectivity index (χ4v) is 3.75. The van der Waals surface area contributed by atoms with Crippen molar-refractivity contribution in [2.45, 2.75) is 13.0 Å². The number of pyridine rings is 2. The van der Waals surface area contributed by atoms with Gasteiger partial charge in [0.1, 0.15) is 11.6 Å². The summed E-state index contributed by atoms with van der Waals surface area (Å²) in [5.74, 6) is 0.464. The van der Waals surface area contributed by atoms with E-state index in [1.165, 1.54) is 30.5 Å². The number of anilines is 2. The first-order chi connectivity index (χ1) is 16.1. The van der Waals surface area contributed by atoms with Gasteiger partial charge in [0.25, 0.3) is 5.91 Å². The van der Waals surface area contributed by atoms with Gasteiger partial charge in [-0.3, -0.25) is 14.6 Å². The Morgan fingerprint density at radius 2 is 1.94 bits per heavy atom. The van der Waals surface area contributed by atoms with Crippen LogP contribution in [0.15, 0.2) is 71.9 Å². The summed E-state index contributed by atoms with van der Waals surface area (Å²) in [5.41, 5.74) is 3.06. The fourth-order valence-electron chi connectivity index (χ4n) is 3.75. The topological polar surface area (TPSA) is 104 Å². The Labute approximate surface area is 188 Å². The Balaban J connectivity index is 1.53. The Morgan fingerprint density at radius 1 is 1.09 bits per heavy atom. The molecule has 0 atom stereocenters. The van der Waals surface area contributed by atoms with E-state index in [0.29, 0.717) is 35.9 Å². The van der Waals surface area contributed by atoms with Gasteiger partial charge in [0, 0.05) is 54.4 Å². The Kier molecular flexibility index (Phi) is 5.35. The number of amides is 1. The summed E-state index contributed by atoms with van der Waals surface area (Å²) in [7, 11) is 0. The molecule has 0 aliphatic carbocycles. The molecule has 1 aromatic carbocycles. The Bertz CT molecular complexity index is 1370. The molecule has 4 heterocycles. The van der Waals surface area contributed by atoms with Crippen molar-refractivity contribution in [3.8, 4) is 11.4 Å². The number of carbonyl (C=O) groups is 1. The normalized spacial score (nSPS) is 12.8. The maximum atomic E-state index is 13.8. The summed E-state index contributed by atoms with van der Waals surface area (Å²) in [5, 5.41) is 3.20. The maximum Gasteiger partial charge on any atom is 0.255 e. The number of aromatic nitrogens is 4. The zero-order valence-corrected chi connectivity index (χ0v) is 17.5. The van der Waals surface area contributed by atoms with Gasteiger partial charge in [0.2, 0.25) is 5.56 Å². The van der Waals surface area contributed by atoms with Crippen molar-refractivity contribution in [2.24, 2.45) is 0 Å². The number of hydrogen-bond acceptors (Lipinski definition) is 6. The van der Waals surface area contributed by atoms with E-state index < -0.39 is 0 Å². The number of rotatable bonds is 4. The fraction of sp³-hybridized carbons (Fsp3) is 0.125. The number of benzene rings is 1. The van der Waals surface area contributed by atoms with Gasteiger partial charge in [0.15, 0.2) is 5.82 Å². The second kappa shape index (κ2) is 8.62. The van der Waals surface area contributed by atoms with Gasteiger partial charge < -0.3 is 15.2 Å². The molecule has 4 aromatic rings. The molecule has 3 aromatic heterocycles. The van der Waals surface area contributed by atoms with Crippen LogP contribution in [-0.4, -0.2) is 37.3 Å². The lowest BCUT2D eigenvalue weighted by atomic mass is 10.0. The number of halogens is 1. The average Bonchev–Trinajstić information content (AvgIpc) is 2.84. The molecule has 1 aliphatic rings. The van der Waals surface area contributed by atoms with Crippen molar-refractivity contribution >= 4 is 17.4 Å². The van der Waals surface area contributed by atoms with E-state index in [1.54, 1.807) is 29.4 Å². The van der Waals surface area contributed by atoms with Crippen molar-refractivity contribution in [2.75, 3.05) is 11.9 Å². The minimum Gasteiger partial charge on any atom is -0.340 e. The number of aromatic amines is 1. The van der Waals surface area contributed by atoms with Crippen LogP contribution in [0.5, 0.6) is 0 Å². The molecule has 0 spiro atoms. The molecule has 0 fully saturated rings. The monoisotopic (exact) mass is 442 g/mol. The second-order valence-corrected chi connectivity index (χ2v) is 7.61. The molecular weight excluding hydrogens is 423 g/mol. The molecule has 0 saturated carbocycles. The molecule has 2 N–H and O–H groups in total. The number of nitrogens with one attached hydrogen (secondary N) is 2. The lowest BCUT2D eigenvalue weighted by molar-refractivity contribution is 0.0733.